The lowest BCUT2D eigenvalue weighted by atomic mass is 9.97. The summed E-state index contributed by atoms with van der Waals surface area (Å²) < 4.78 is 6.06. The van der Waals surface area contributed by atoms with Gasteiger partial charge in [0.1, 0.15) is 5.69 Å². The number of carbonyl (C=O) groups is 1. The predicted molar refractivity (Wildman–Crippen MR) is 102 cm³/mol. The summed E-state index contributed by atoms with van der Waals surface area (Å²) in [5, 5.41) is 7.70. The van der Waals surface area contributed by atoms with Crippen molar-refractivity contribution in [2.24, 2.45) is 0 Å². The number of rotatable bonds is 4. The van der Waals surface area contributed by atoms with Gasteiger partial charge >= 0.3 is 0 Å². The molecule has 27 heavy (non-hydrogen) atoms. The SMILES string of the molecule is CN(C)C[C@@H]1OCCN(C(=O)c2ccc3cn[nH]c3n2)[C@H]1c1ccccc1. The minimum absolute atomic E-state index is 0.0904. The second kappa shape index (κ2) is 7.46. The van der Waals surface area contributed by atoms with Crippen molar-refractivity contribution in [1.82, 2.24) is 25.0 Å². The van der Waals surface area contributed by atoms with Crippen LogP contribution in [0.25, 0.3) is 11.0 Å². The number of ether oxygens (including phenoxy) is 1. The molecule has 0 radical (unpaired) electrons. The van der Waals surface area contributed by atoms with Gasteiger partial charge in [-0.3, -0.25) is 9.89 Å². The third kappa shape index (κ3) is 3.56. The Morgan fingerprint density at radius 3 is 2.85 bits per heavy atom. The molecule has 4 rings (SSSR count). The summed E-state index contributed by atoms with van der Waals surface area (Å²) in [6.07, 6.45) is 1.60. The molecule has 1 fully saturated rings. The number of nitrogens with one attached hydrogen (secondary N) is 1. The first-order valence-corrected chi connectivity index (χ1v) is 9.06. The molecule has 0 spiro atoms. The van der Waals surface area contributed by atoms with E-state index in [2.05, 4.69) is 20.1 Å². The summed E-state index contributed by atoms with van der Waals surface area (Å²) in [7, 11) is 4.03. The average Bonchev–Trinajstić information content (AvgIpc) is 3.15. The van der Waals surface area contributed by atoms with Gasteiger partial charge in [-0.05, 0) is 31.8 Å². The lowest BCUT2D eigenvalue weighted by Gasteiger charge is -2.42. The molecule has 1 saturated heterocycles. The molecule has 2 atom stereocenters. The molecule has 7 heteroatoms. The first-order chi connectivity index (χ1) is 13.1. The molecular weight excluding hydrogens is 342 g/mol. The highest BCUT2D eigenvalue weighted by Crippen LogP contribution is 2.31. The Balaban J connectivity index is 1.70. The van der Waals surface area contributed by atoms with Gasteiger partial charge in [0, 0.05) is 18.5 Å². The number of benzene rings is 1. The van der Waals surface area contributed by atoms with E-state index in [9.17, 15) is 4.79 Å². The topological polar surface area (TPSA) is 74.3 Å². The summed E-state index contributed by atoms with van der Waals surface area (Å²) in [5.41, 5.74) is 2.11. The maximum atomic E-state index is 13.3. The van der Waals surface area contributed by atoms with Crippen LogP contribution in [0.5, 0.6) is 0 Å². The van der Waals surface area contributed by atoms with E-state index in [4.69, 9.17) is 4.74 Å². The van der Waals surface area contributed by atoms with E-state index < -0.39 is 0 Å². The fourth-order valence-corrected chi connectivity index (χ4v) is 3.61. The van der Waals surface area contributed by atoms with E-state index in [-0.39, 0.29) is 18.1 Å². The Morgan fingerprint density at radius 1 is 1.26 bits per heavy atom. The summed E-state index contributed by atoms with van der Waals surface area (Å²) >= 11 is 0. The number of carbonyl (C=O) groups excluding carboxylic acids is 1. The molecule has 0 unspecified atom stereocenters. The van der Waals surface area contributed by atoms with Gasteiger partial charge in [-0.1, -0.05) is 30.3 Å². The zero-order chi connectivity index (χ0) is 18.8. The smallest absolute Gasteiger partial charge is 0.273 e. The largest absolute Gasteiger partial charge is 0.373 e. The van der Waals surface area contributed by atoms with Gasteiger partial charge in [-0.25, -0.2) is 4.98 Å². The second-order valence-electron chi connectivity index (χ2n) is 7.03. The van der Waals surface area contributed by atoms with E-state index in [1.54, 1.807) is 12.3 Å². The molecule has 1 amide bonds. The highest BCUT2D eigenvalue weighted by Gasteiger charge is 2.37. The van der Waals surface area contributed by atoms with Crippen molar-refractivity contribution >= 4 is 16.9 Å². The number of hydrogen-bond acceptors (Lipinski definition) is 5. The molecule has 0 bridgehead atoms. The van der Waals surface area contributed by atoms with Crippen LogP contribution in [0.4, 0.5) is 0 Å². The molecule has 0 saturated carbocycles. The van der Waals surface area contributed by atoms with Crippen LogP contribution < -0.4 is 0 Å². The van der Waals surface area contributed by atoms with E-state index in [1.165, 1.54) is 0 Å². The summed E-state index contributed by atoms with van der Waals surface area (Å²) in [6.45, 7) is 1.78. The number of H-pyrrole nitrogens is 1. The number of aromatic amines is 1. The van der Waals surface area contributed by atoms with Crippen molar-refractivity contribution in [2.75, 3.05) is 33.8 Å². The van der Waals surface area contributed by atoms with Crippen LogP contribution in [-0.4, -0.2) is 70.8 Å². The standard InChI is InChI=1S/C20H23N5O2/c1-24(2)13-17-18(14-6-4-3-5-7-14)25(10-11-27-17)20(26)16-9-8-15-12-21-23-19(15)22-16/h3-9,12,17-18H,10-11,13H2,1-2H3,(H,21,22,23)/t17-,18-/m0/s1. The summed E-state index contributed by atoms with van der Waals surface area (Å²) in [6, 6.07) is 13.5. The van der Waals surface area contributed by atoms with Crippen LogP contribution in [0.2, 0.25) is 0 Å². The zero-order valence-corrected chi connectivity index (χ0v) is 15.5. The van der Waals surface area contributed by atoms with E-state index in [1.807, 2.05) is 55.4 Å². The summed E-state index contributed by atoms with van der Waals surface area (Å²) in [4.78, 5) is 21.8. The highest BCUT2D eigenvalue weighted by molar-refractivity contribution is 5.94. The minimum Gasteiger partial charge on any atom is -0.373 e. The van der Waals surface area contributed by atoms with Gasteiger partial charge in [-0.15, -0.1) is 0 Å². The first kappa shape index (κ1) is 17.6. The third-order valence-electron chi connectivity index (χ3n) is 4.82. The molecule has 3 aromatic rings. The molecule has 7 nitrogen and oxygen atoms in total. The number of fused-ring (bicyclic) bond motifs is 1. The number of morpholine rings is 1. The maximum absolute atomic E-state index is 13.3. The van der Waals surface area contributed by atoms with Gasteiger partial charge in [0.05, 0.1) is 24.9 Å². The lowest BCUT2D eigenvalue weighted by molar-refractivity contribution is -0.0686. The second-order valence-corrected chi connectivity index (χ2v) is 7.03. The molecule has 3 heterocycles. The molecule has 1 aliphatic heterocycles. The van der Waals surface area contributed by atoms with Crippen molar-refractivity contribution in [3.05, 3.63) is 59.9 Å². The molecular formula is C20H23N5O2. The van der Waals surface area contributed by atoms with Gasteiger partial charge in [-0.2, -0.15) is 5.10 Å². The Bertz CT molecular complexity index is 924. The predicted octanol–water partition coefficient (Wildman–Crippen LogP) is 2.10. The van der Waals surface area contributed by atoms with E-state index >= 15 is 0 Å². The third-order valence-corrected chi connectivity index (χ3v) is 4.82. The Labute approximate surface area is 157 Å². The van der Waals surface area contributed by atoms with Crippen LogP contribution in [0.1, 0.15) is 22.1 Å². The van der Waals surface area contributed by atoms with Crippen LogP contribution in [0.3, 0.4) is 0 Å². The van der Waals surface area contributed by atoms with Crippen LogP contribution >= 0.6 is 0 Å². The monoisotopic (exact) mass is 365 g/mol. The van der Waals surface area contributed by atoms with Crippen molar-refractivity contribution in [3.8, 4) is 0 Å². The van der Waals surface area contributed by atoms with Crippen molar-refractivity contribution in [3.63, 3.8) is 0 Å². The minimum atomic E-state index is -0.158. The Hall–Kier alpha value is -2.77. The van der Waals surface area contributed by atoms with Crippen molar-refractivity contribution in [2.45, 2.75) is 12.1 Å². The fraction of sp³-hybridized carbons (Fsp3) is 0.350. The summed E-state index contributed by atoms with van der Waals surface area (Å²) in [5.74, 6) is -0.0904. The number of likely N-dealkylation sites (N-methyl/N-ethyl adjacent to an activating group) is 1. The Kier molecular flexibility index (Phi) is 4.87. The normalized spacial score (nSPS) is 20.3. The average molecular weight is 365 g/mol. The number of pyridine rings is 1. The lowest BCUT2D eigenvalue weighted by Crippen LogP contribution is -2.51. The maximum Gasteiger partial charge on any atom is 0.273 e. The number of nitrogens with zero attached hydrogens (tertiary/aromatic N) is 4. The number of aromatic nitrogens is 3. The van der Waals surface area contributed by atoms with Crippen LogP contribution in [0.15, 0.2) is 48.7 Å². The molecule has 1 aromatic carbocycles. The number of hydrogen-bond donors (Lipinski definition) is 1. The molecule has 140 valence electrons. The zero-order valence-electron chi connectivity index (χ0n) is 15.5. The van der Waals surface area contributed by atoms with Gasteiger partial charge < -0.3 is 14.5 Å². The van der Waals surface area contributed by atoms with E-state index in [0.717, 1.165) is 17.5 Å². The number of amides is 1. The van der Waals surface area contributed by atoms with E-state index in [0.29, 0.717) is 24.5 Å². The van der Waals surface area contributed by atoms with Gasteiger partial charge in [0.25, 0.3) is 5.91 Å². The van der Waals surface area contributed by atoms with Gasteiger partial charge in [0.2, 0.25) is 0 Å². The Morgan fingerprint density at radius 2 is 2.07 bits per heavy atom. The van der Waals surface area contributed by atoms with Crippen LogP contribution in [-0.2, 0) is 4.74 Å². The quantitative estimate of drug-likeness (QED) is 0.766. The van der Waals surface area contributed by atoms with Gasteiger partial charge in [0.15, 0.2) is 5.65 Å². The van der Waals surface area contributed by atoms with Crippen LogP contribution in [0, 0.1) is 0 Å². The molecule has 0 aliphatic carbocycles. The van der Waals surface area contributed by atoms with Crippen molar-refractivity contribution in [1.29, 1.82) is 0 Å². The molecule has 2 aromatic heterocycles. The first-order valence-electron chi connectivity index (χ1n) is 9.06. The van der Waals surface area contributed by atoms with Crippen molar-refractivity contribution < 1.29 is 9.53 Å². The molecule has 1 aliphatic rings. The highest BCUT2D eigenvalue weighted by atomic mass is 16.5. The fourth-order valence-electron chi connectivity index (χ4n) is 3.61. The molecule has 1 N–H and O–H groups in total.